The number of aromatic hydroxyl groups is 1. The first-order valence-corrected chi connectivity index (χ1v) is 17.5. The molecule has 242 valence electrons. The van der Waals surface area contributed by atoms with E-state index in [1.807, 2.05) is 13.0 Å². The maximum Gasteiger partial charge on any atom is 0.325 e. The Morgan fingerprint density at radius 1 is 0.851 bits per heavy atom. The van der Waals surface area contributed by atoms with Crippen molar-refractivity contribution in [2.24, 2.45) is 0 Å². The molecule has 2 aliphatic rings. The molecule has 0 aromatic heterocycles. The van der Waals surface area contributed by atoms with Crippen molar-refractivity contribution < 1.29 is 47.3 Å². The summed E-state index contributed by atoms with van der Waals surface area (Å²) >= 11 is 0. The number of carbonyl (C=O) groups is 4. The minimum absolute atomic E-state index is 0.135. The number of nitrogens with zero attached hydrogens (tertiary/aromatic N) is 1. The van der Waals surface area contributed by atoms with Crippen LogP contribution in [0.15, 0.2) is 77.5 Å². The van der Waals surface area contributed by atoms with E-state index in [1.165, 1.54) is 20.3 Å². The van der Waals surface area contributed by atoms with Crippen LogP contribution in [0.25, 0.3) is 5.57 Å². The largest absolute Gasteiger partial charge is 0.503 e. The highest BCUT2D eigenvalue weighted by Crippen LogP contribution is 2.43. The number of fused-ring (bicyclic) bond motifs is 2. The molecular formula is C35H31F2NO8Si. The summed E-state index contributed by atoms with van der Waals surface area (Å²) in [6.07, 6.45) is 4.93. The van der Waals surface area contributed by atoms with Crippen LogP contribution < -0.4 is 9.92 Å². The standard InChI is InChI=1S/C35H31F2NO8Si/c1-19-12-20(35(43)38(17-31(40)44-2)18-32(41)45-3)6-9-24(19)33-25-10-7-21(39)13-29(25)47(4,5)30-16-22(8-11-26(30)33)46-23-14-27(36)34(42)28(37)15-23/h6-16,42H,17-18H2,1-5H3. The second-order valence-corrected chi connectivity index (χ2v) is 15.9. The number of carbonyl (C=O) groups excluding carboxylic acids is 4. The van der Waals surface area contributed by atoms with E-state index in [0.717, 1.165) is 49.7 Å². The number of rotatable bonds is 8. The third kappa shape index (κ3) is 6.36. The van der Waals surface area contributed by atoms with E-state index in [-0.39, 0.29) is 17.1 Å². The highest BCUT2D eigenvalue weighted by atomic mass is 28.3. The second-order valence-electron chi connectivity index (χ2n) is 11.6. The topological polar surface area (TPSA) is 119 Å². The summed E-state index contributed by atoms with van der Waals surface area (Å²) in [7, 11) is -0.191. The van der Waals surface area contributed by atoms with Crippen LogP contribution in [0.2, 0.25) is 13.1 Å². The molecule has 0 bridgehead atoms. The van der Waals surface area contributed by atoms with E-state index in [2.05, 4.69) is 13.1 Å². The summed E-state index contributed by atoms with van der Waals surface area (Å²) in [5, 5.41) is 11.3. The number of hydrogen-bond donors (Lipinski definition) is 1. The summed E-state index contributed by atoms with van der Waals surface area (Å²) in [5.74, 6) is -5.35. The molecule has 1 heterocycles. The molecule has 0 saturated carbocycles. The van der Waals surface area contributed by atoms with Crippen LogP contribution in [-0.4, -0.2) is 69.0 Å². The number of ether oxygens (including phenoxy) is 3. The number of esters is 2. The normalized spacial score (nSPS) is 14.5. The van der Waals surface area contributed by atoms with Crippen molar-refractivity contribution in [3.63, 3.8) is 0 Å². The van der Waals surface area contributed by atoms with Gasteiger partial charge in [-0.15, -0.1) is 0 Å². The molecule has 3 aromatic rings. The lowest BCUT2D eigenvalue weighted by Crippen LogP contribution is -2.49. The molecule has 0 unspecified atom stereocenters. The van der Waals surface area contributed by atoms with E-state index in [9.17, 15) is 33.1 Å². The smallest absolute Gasteiger partial charge is 0.325 e. The van der Waals surface area contributed by atoms with Gasteiger partial charge in [-0.25, -0.2) is 8.78 Å². The monoisotopic (exact) mass is 659 g/mol. The number of allylic oxidation sites excluding steroid dienone is 5. The fourth-order valence-electron chi connectivity index (χ4n) is 5.80. The lowest BCUT2D eigenvalue weighted by atomic mass is 9.87. The third-order valence-electron chi connectivity index (χ3n) is 8.22. The van der Waals surface area contributed by atoms with Gasteiger partial charge in [0.05, 0.1) is 14.2 Å². The van der Waals surface area contributed by atoms with Gasteiger partial charge >= 0.3 is 11.9 Å². The molecule has 0 radical (unpaired) electrons. The first kappa shape index (κ1) is 33.0. The third-order valence-corrected chi connectivity index (χ3v) is 11.7. The molecule has 0 fully saturated rings. The van der Waals surface area contributed by atoms with Gasteiger partial charge in [0.15, 0.2) is 23.2 Å². The lowest BCUT2D eigenvalue weighted by Gasteiger charge is -2.38. The summed E-state index contributed by atoms with van der Waals surface area (Å²) in [6, 6.07) is 12.1. The zero-order chi connectivity index (χ0) is 34.2. The Kier molecular flexibility index (Phi) is 8.99. The Hall–Kier alpha value is -5.36. The Bertz CT molecular complexity index is 1900. The zero-order valence-electron chi connectivity index (χ0n) is 26.3. The average Bonchev–Trinajstić information content (AvgIpc) is 3.04. The van der Waals surface area contributed by atoms with Crippen LogP contribution in [0.5, 0.6) is 17.2 Å². The molecule has 0 atom stereocenters. The van der Waals surface area contributed by atoms with Gasteiger partial charge in [-0.05, 0) is 81.6 Å². The van der Waals surface area contributed by atoms with E-state index in [0.29, 0.717) is 11.3 Å². The van der Waals surface area contributed by atoms with Crippen molar-refractivity contribution in [1.29, 1.82) is 0 Å². The first-order chi connectivity index (χ1) is 22.2. The van der Waals surface area contributed by atoms with Gasteiger partial charge in [-0.3, -0.25) is 19.2 Å². The molecule has 1 amide bonds. The number of hydrogen-bond acceptors (Lipinski definition) is 8. The molecule has 3 aromatic carbocycles. The van der Waals surface area contributed by atoms with Gasteiger partial charge in [0.2, 0.25) is 0 Å². The Labute approximate surface area is 270 Å². The van der Waals surface area contributed by atoms with Crippen molar-refractivity contribution in [3.05, 3.63) is 111 Å². The number of aryl methyl sites for hydroxylation is 1. The van der Waals surface area contributed by atoms with Crippen LogP contribution in [0.4, 0.5) is 8.78 Å². The maximum absolute atomic E-state index is 14.0. The molecule has 0 spiro atoms. The van der Waals surface area contributed by atoms with E-state index >= 15 is 0 Å². The van der Waals surface area contributed by atoms with Crippen LogP contribution in [-0.2, 0) is 23.9 Å². The highest BCUT2D eigenvalue weighted by molar-refractivity contribution is 6.98. The number of halogens is 2. The van der Waals surface area contributed by atoms with E-state index in [4.69, 9.17) is 14.2 Å². The van der Waals surface area contributed by atoms with Crippen LogP contribution in [0.1, 0.15) is 27.0 Å². The molecule has 47 heavy (non-hydrogen) atoms. The SMILES string of the molecule is COC(=O)CN(CC(=O)OC)C(=O)c1ccc(C2=C3C=CC(=O)C=C3[Si](C)(C)c3cc(Oc4cc(F)c(O)c(F)c4)ccc32)c(C)c1. The number of amides is 1. The molecule has 0 saturated heterocycles. The highest BCUT2D eigenvalue weighted by Gasteiger charge is 2.40. The molecule has 9 nitrogen and oxygen atoms in total. The zero-order valence-corrected chi connectivity index (χ0v) is 27.3. The summed E-state index contributed by atoms with van der Waals surface area (Å²) in [5.41, 5.74) is 4.26. The van der Waals surface area contributed by atoms with Crippen molar-refractivity contribution in [1.82, 2.24) is 4.90 Å². The van der Waals surface area contributed by atoms with Gasteiger partial charge in [0, 0.05) is 17.7 Å². The molecule has 1 aliphatic carbocycles. The van der Waals surface area contributed by atoms with Gasteiger partial charge in [0.1, 0.15) is 32.7 Å². The fourth-order valence-corrected chi connectivity index (χ4v) is 8.86. The van der Waals surface area contributed by atoms with Gasteiger partial charge < -0.3 is 24.2 Å². The first-order valence-electron chi connectivity index (χ1n) is 14.5. The second kappa shape index (κ2) is 12.8. The van der Waals surface area contributed by atoms with E-state index in [1.54, 1.807) is 42.5 Å². The van der Waals surface area contributed by atoms with Gasteiger partial charge in [-0.1, -0.05) is 31.3 Å². The summed E-state index contributed by atoms with van der Waals surface area (Å²) in [6.45, 7) is 5.11. The minimum atomic E-state index is -2.55. The number of benzene rings is 3. The molecule has 1 N–H and O–H groups in total. The Balaban J connectivity index is 1.60. The summed E-state index contributed by atoms with van der Waals surface area (Å²) < 4.78 is 43.3. The van der Waals surface area contributed by atoms with Gasteiger partial charge in [0.25, 0.3) is 5.91 Å². The van der Waals surface area contributed by atoms with Crippen molar-refractivity contribution >= 4 is 42.5 Å². The Morgan fingerprint density at radius 2 is 1.47 bits per heavy atom. The summed E-state index contributed by atoms with van der Waals surface area (Å²) in [4.78, 5) is 51.1. The van der Waals surface area contributed by atoms with Gasteiger partial charge in [-0.2, -0.15) is 0 Å². The predicted molar refractivity (Wildman–Crippen MR) is 171 cm³/mol. The molecule has 12 heteroatoms. The minimum Gasteiger partial charge on any atom is -0.503 e. The van der Waals surface area contributed by atoms with Crippen molar-refractivity contribution in [2.75, 3.05) is 27.3 Å². The van der Waals surface area contributed by atoms with Crippen molar-refractivity contribution in [2.45, 2.75) is 20.0 Å². The molecular weight excluding hydrogens is 628 g/mol. The quantitative estimate of drug-likeness (QED) is 0.268. The van der Waals surface area contributed by atoms with Crippen LogP contribution >= 0.6 is 0 Å². The predicted octanol–water partition coefficient (Wildman–Crippen LogP) is 4.89. The van der Waals surface area contributed by atoms with Crippen LogP contribution in [0.3, 0.4) is 0 Å². The number of phenols is 1. The van der Waals surface area contributed by atoms with E-state index < -0.39 is 56.4 Å². The maximum atomic E-state index is 14.0. The Morgan fingerprint density at radius 3 is 2.06 bits per heavy atom. The molecule has 5 rings (SSSR count). The average molecular weight is 660 g/mol. The van der Waals surface area contributed by atoms with Crippen LogP contribution in [0, 0.1) is 18.6 Å². The number of methoxy groups -OCH3 is 2. The number of ketones is 1. The number of phenolic OH excluding ortho intramolecular Hbond substituents is 1. The fraction of sp³-hybridized carbons (Fsp3) is 0.200. The van der Waals surface area contributed by atoms with Crippen molar-refractivity contribution in [3.8, 4) is 17.2 Å². The lowest BCUT2D eigenvalue weighted by molar-refractivity contribution is -0.144. The molecule has 1 aliphatic heterocycles.